The van der Waals surface area contributed by atoms with Crippen molar-refractivity contribution in [1.29, 1.82) is 0 Å². The fraction of sp³-hybridized carbons (Fsp3) is 0.700. The summed E-state index contributed by atoms with van der Waals surface area (Å²) in [5.74, 6) is -1.03. The van der Waals surface area contributed by atoms with Gasteiger partial charge in [-0.2, -0.15) is 0 Å². The van der Waals surface area contributed by atoms with E-state index in [1.165, 1.54) is 22.3 Å². The maximum Gasteiger partial charge on any atom is 0.317 e. The molecule has 8 heteroatoms. The number of nitrogens with zero attached hydrogens (tertiary/aromatic N) is 2. The summed E-state index contributed by atoms with van der Waals surface area (Å²) >= 11 is 0. The molecule has 8 nitrogen and oxygen atoms in total. The van der Waals surface area contributed by atoms with Crippen LogP contribution < -0.4 is 10.8 Å². The van der Waals surface area contributed by atoms with Crippen molar-refractivity contribution in [2.45, 2.75) is 13.8 Å². The number of hydrogen-bond donors (Lipinski definition) is 3. The van der Waals surface area contributed by atoms with Gasteiger partial charge in [0.15, 0.2) is 0 Å². The summed E-state index contributed by atoms with van der Waals surface area (Å²) in [4.78, 5) is 36.8. The highest BCUT2D eigenvalue weighted by molar-refractivity contribution is 5.87. The zero-order valence-electron chi connectivity index (χ0n) is 10.9. The van der Waals surface area contributed by atoms with E-state index in [4.69, 9.17) is 5.21 Å². The van der Waals surface area contributed by atoms with E-state index in [0.717, 1.165) is 0 Å². The molecule has 0 aliphatic heterocycles. The van der Waals surface area contributed by atoms with Gasteiger partial charge < -0.3 is 15.1 Å². The molecule has 0 atom stereocenters. The number of hydroxylamine groups is 1. The van der Waals surface area contributed by atoms with Crippen LogP contribution in [0.15, 0.2) is 0 Å². The lowest BCUT2D eigenvalue weighted by Gasteiger charge is -2.25. The van der Waals surface area contributed by atoms with Gasteiger partial charge in [-0.1, -0.05) is 0 Å². The van der Waals surface area contributed by atoms with Crippen LogP contribution in [0.5, 0.6) is 0 Å². The van der Waals surface area contributed by atoms with Crippen LogP contribution in [-0.2, 0) is 9.59 Å². The molecule has 0 heterocycles. The summed E-state index contributed by atoms with van der Waals surface area (Å²) in [6, 6.07) is -0.353. The molecule has 0 aromatic carbocycles. The van der Waals surface area contributed by atoms with Crippen molar-refractivity contribution in [2.24, 2.45) is 0 Å². The van der Waals surface area contributed by atoms with Gasteiger partial charge in [0.25, 0.3) is 5.91 Å². The van der Waals surface area contributed by atoms with Crippen molar-refractivity contribution >= 4 is 17.8 Å². The predicted molar refractivity (Wildman–Crippen MR) is 63.9 cm³/mol. The zero-order valence-corrected chi connectivity index (χ0v) is 10.9. The third-order valence-electron chi connectivity index (χ3n) is 2.40. The van der Waals surface area contributed by atoms with E-state index >= 15 is 0 Å². The van der Waals surface area contributed by atoms with E-state index in [1.807, 2.05) is 0 Å². The minimum absolute atomic E-state index is 0.108. The molecular formula is C10H20N4O4. The zero-order chi connectivity index (χ0) is 14.1. The lowest BCUT2D eigenvalue weighted by atomic mass is 10.4. The number of carbonyl (C=O) groups excluding carboxylic acids is 3. The van der Waals surface area contributed by atoms with E-state index in [0.29, 0.717) is 13.1 Å². The molecule has 3 N–H and O–H groups in total. The van der Waals surface area contributed by atoms with Crippen LogP contribution in [0.3, 0.4) is 0 Å². The first-order chi connectivity index (χ1) is 8.49. The van der Waals surface area contributed by atoms with Crippen molar-refractivity contribution in [3.8, 4) is 0 Å². The van der Waals surface area contributed by atoms with Crippen LogP contribution in [-0.4, -0.2) is 66.1 Å². The summed E-state index contributed by atoms with van der Waals surface area (Å²) in [5.41, 5.74) is 1.46. The van der Waals surface area contributed by atoms with E-state index in [1.54, 1.807) is 13.8 Å². The molecule has 4 amide bonds. The average molecular weight is 260 g/mol. The van der Waals surface area contributed by atoms with Gasteiger partial charge in [0.1, 0.15) is 13.1 Å². The van der Waals surface area contributed by atoms with Gasteiger partial charge in [-0.3, -0.25) is 14.8 Å². The Bertz CT molecular complexity index is 308. The van der Waals surface area contributed by atoms with Gasteiger partial charge in [0, 0.05) is 20.1 Å². The number of rotatable bonds is 6. The smallest absolute Gasteiger partial charge is 0.317 e. The Morgan fingerprint density at radius 1 is 1.06 bits per heavy atom. The second-order valence-electron chi connectivity index (χ2n) is 3.51. The van der Waals surface area contributed by atoms with E-state index in [-0.39, 0.29) is 25.0 Å². The van der Waals surface area contributed by atoms with Crippen LogP contribution in [0.25, 0.3) is 0 Å². The quantitative estimate of drug-likeness (QED) is 0.421. The first-order valence-electron chi connectivity index (χ1n) is 5.67. The molecule has 0 bridgehead atoms. The third kappa shape index (κ3) is 5.00. The van der Waals surface area contributed by atoms with Gasteiger partial charge in [-0.25, -0.2) is 10.3 Å². The molecule has 0 unspecified atom stereocenters. The number of amides is 4. The Balaban J connectivity index is 4.50. The number of nitrogens with one attached hydrogen (secondary N) is 2. The molecule has 104 valence electrons. The molecular weight excluding hydrogens is 240 g/mol. The van der Waals surface area contributed by atoms with Gasteiger partial charge in [-0.15, -0.1) is 0 Å². The summed E-state index contributed by atoms with van der Waals surface area (Å²) < 4.78 is 0. The maximum absolute atomic E-state index is 11.9. The molecule has 0 saturated heterocycles. The second-order valence-corrected chi connectivity index (χ2v) is 3.51. The normalized spacial score (nSPS) is 9.56. The first kappa shape index (κ1) is 16.2. The van der Waals surface area contributed by atoms with Crippen molar-refractivity contribution in [2.75, 3.05) is 33.2 Å². The Hall–Kier alpha value is -1.83. The van der Waals surface area contributed by atoms with Crippen molar-refractivity contribution in [3.05, 3.63) is 0 Å². The summed E-state index contributed by atoms with van der Waals surface area (Å²) in [7, 11) is 1.48. The van der Waals surface area contributed by atoms with Crippen LogP contribution in [0.2, 0.25) is 0 Å². The van der Waals surface area contributed by atoms with Crippen LogP contribution in [0.1, 0.15) is 13.8 Å². The van der Waals surface area contributed by atoms with Gasteiger partial charge in [0.05, 0.1) is 0 Å². The summed E-state index contributed by atoms with van der Waals surface area (Å²) in [5, 5.41) is 10.8. The Kier molecular flexibility index (Phi) is 7.45. The topological polar surface area (TPSA) is 102 Å². The molecule has 0 radical (unpaired) electrons. The molecule has 0 spiro atoms. The van der Waals surface area contributed by atoms with Crippen LogP contribution in [0.4, 0.5) is 4.79 Å². The van der Waals surface area contributed by atoms with E-state index in [2.05, 4.69) is 5.32 Å². The van der Waals surface area contributed by atoms with Crippen LogP contribution >= 0.6 is 0 Å². The highest BCUT2D eigenvalue weighted by Gasteiger charge is 2.20. The summed E-state index contributed by atoms with van der Waals surface area (Å²) in [6.07, 6.45) is 0. The standard InChI is InChI=1S/C10H20N4O4/c1-4-13(6-8(15)12-18)9(16)7-14(5-2)10(17)11-3/h18H,4-7H2,1-3H3,(H,11,17)(H,12,15). The molecule has 0 aliphatic rings. The number of likely N-dealkylation sites (N-methyl/N-ethyl adjacent to an activating group) is 2. The maximum atomic E-state index is 11.9. The molecule has 0 aromatic rings. The van der Waals surface area contributed by atoms with E-state index < -0.39 is 5.91 Å². The second kappa shape index (κ2) is 8.29. The van der Waals surface area contributed by atoms with E-state index in [9.17, 15) is 14.4 Å². The fourth-order valence-corrected chi connectivity index (χ4v) is 1.33. The van der Waals surface area contributed by atoms with Gasteiger partial charge in [-0.05, 0) is 13.8 Å². The molecule has 0 saturated carbocycles. The van der Waals surface area contributed by atoms with Crippen molar-refractivity contribution in [3.63, 3.8) is 0 Å². The lowest BCUT2D eigenvalue weighted by molar-refractivity contribution is -0.139. The fourth-order valence-electron chi connectivity index (χ4n) is 1.33. The van der Waals surface area contributed by atoms with Crippen molar-refractivity contribution in [1.82, 2.24) is 20.6 Å². The lowest BCUT2D eigenvalue weighted by Crippen LogP contribution is -2.47. The monoisotopic (exact) mass is 260 g/mol. The minimum Gasteiger partial charge on any atom is -0.341 e. The number of carbonyl (C=O) groups is 3. The number of urea groups is 1. The predicted octanol–water partition coefficient (Wildman–Crippen LogP) is -0.998. The SMILES string of the molecule is CCN(CC(=O)NO)C(=O)CN(CC)C(=O)NC. The average Bonchev–Trinajstić information content (AvgIpc) is 2.40. The Morgan fingerprint density at radius 2 is 1.61 bits per heavy atom. The summed E-state index contributed by atoms with van der Waals surface area (Å²) in [6.45, 7) is 3.81. The molecule has 0 rings (SSSR count). The number of hydrogen-bond acceptors (Lipinski definition) is 4. The van der Waals surface area contributed by atoms with Crippen LogP contribution in [0, 0.1) is 0 Å². The largest absolute Gasteiger partial charge is 0.341 e. The molecule has 0 aliphatic carbocycles. The molecule has 0 aromatic heterocycles. The first-order valence-corrected chi connectivity index (χ1v) is 5.67. The molecule has 0 fully saturated rings. The van der Waals surface area contributed by atoms with Gasteiger partial charge >= 0.3 is 6.03 Å². The Morgan fingerprint density at radius 3 is 2.00 bits per heavy atom. The molecule has 18 heavy (non-hydrogen) atoms. The highest BCUT2D eigenvalue weighted by atomic mass is 16.5. The van der Waals surface area contributed by atoms with Gasteiger partial charge in [0.2, 0.25) is 5.91 Å². The van der Waals surface area contributed by atoms with Crippen molar-refractivity contribution < 1.29 is 19.6 Å². The third-order valence-corrected chi connectivity index (χ3v) is 2.40. The minimum atomic E-state index is -0.673. The highest BCUT2D eigenvalue weighted by Crippen LogP contribution is 1.95. The Labute approximate surface area is 106 Å².